The maximum Gasteiger partial charge on any atom is 0.472 e. The van der Waals surface area contributed by atoms with E-state index < -0.39 is 97.5 Å². The standard InChI is InChI=1S/C73H142O17P2/c1-9-66(8)52-44-36-28-20-16-12-10-11-13-17-21-29-39-47-55-72(77)89-68(59-83-70(75)53-45-37-31-23-26-34-42-50-64(4)5)61-87-91(79,80)85-57-67(74)58-86-92(81,82)88-62-69(60-84-71(76)54-46-38-32-24-27-35-43-51-65(6)7)90-73(78)56-48-40-30-22-18-14-15-19-25-33-41-49-63(2)3/h63-69,74H,9-62H2,1-8H3,(H,79,80)(H,81,82)/t66?,67?,68-,69-/m1/s1. The van der Waals surface area contributed by atoms with Gasteiger partial charge >= 0.3 is 39.5 Å². The minimum atomic E-state index is -4.95. The molecule has 4 unspecified atom stereocenters. The molecule has 92 heavy (non-hydrogen) atoms. The molecule has 19 heteroatoms. The molecule has 0 spiro atoms. The zero-order chi connectivity index (χ0) is 68.2. The summed E-state index contributed by atoms with van der Waals surface area (Å²) in [5, 5.41) is 10.6. The van der Waals surface area contributed by atoms with Crippen LogP contribution in [-0.4, -0.2) is 96.7 Å². The van der Waals surface area contributed by atoms with Gasteiger partial charge in [-0.25, -0.2) is 9.13 Å². The van der Waals surface area contributed by atoms with Crippen molar-refractivity contribution in [3.8, 4) is 0 Å². The third kappa shape index (κ3) is 65.4. The summed E-state index contributed by atoms with van der Waals surface area (Å²) in [5.41, 5.74) is 0. The Bertz CT molecular complexity index is 1820. The summed E-state index contributed by atoms with van der Waals surface area (Å²) >= 11 is 0. The van der Waals surface area contributed by atoms with Crippen LogP contribution in [0.5, 0.6) is 0 Å². The minimum absolute atomic E-state index is 0.105. The topological polar surface area (TPSA) is 237 Å². The maximum atomic E-state index is 13.0. The molecule has 0 heterocycles. The summed E-state index contributed by atoms with van der Waals surface area (Å²) in [7, 11) is -9.91. The van der Waals surface area contributed by atoms with Crippen molar-refractivity contribution in [1.82, 2.24) is 0 Å². The highest BCUT2D eigenvalue weighted by molar-refractivity contribution is 7.47. The highest BCUT2D eigenvalue weighted by atomic mass is 31.2. The van der Waals surface area contributed by atoms with Gasteiger partial charge in [-0.3, -0.25) is 37.3 Å². The molecule has 0 aromatic rings. The number of phosphoric ester groups is 2. The highest BCUT2D eigenvalue weighted by Crippen LogP contribution is 2.45. The number of hydrogen-bond donors (Lipinski definition) is 3. The van der Waals surface area contributed by atoms with E-state index >= 15 is 0 Å². The van der Waals surface area contributed by atoms with Crippen LogP contribution in [0.25, 0.3) is 0 Å². The fourth-order valence-electron chi connectivity index (χ4n) is 11.0. The molecule has 0 saturated carbocycles. The van der Waals surface area contributed by atoms with Crippen LogP contribution in [0.2, 0.25) is 0 Å². The zero-order valence-electron chi connectivity index (χ0n) is 60.2. The number of carbonyl (C=O) groups is 4. The van der Waals surface area contributed by atoms with Crippen molar-refractivity contribution in [1.29, 1.82) is 0 Å². The van der Waals surface area contributed by atoms with E-state index in [1.54, 1.807) is 0 Å². The van der Waals surface area contributed by atoms with Gasteiger partial charge in [0, 0.05) is 25.7 Å². The van der Waals surface area contributed by atoms with E-state index in [0.717, 1.165) is 115 Å². The van der Waals surface area contributed by atoms with Gasteiger partial charge in [0.05, 0.1) is 26.4 Å². The Labute approximate surface area is 562 Å². The molecule has 0 aliphatic heterocycles. The average Bonchev–Trinajstić information content (AvgIpc) is 2.38. The number of ether oxygens (including phenoxy) is 4. The summed E-state index contributed by atoms with van der Waals surface area (Å²) in [6.45, 7) is 14.1. The van der Waals surface area contributed by atoms with Gasteiger partial charge in [-0.1, -0.05) is 312 Å². The molecule has 0 radical (unpaired) electrons. The summed E-state index contributed by atoms with van der Waals surface area (Å²) in [4.78, 5) is 72.6. The number of esters is 4. The van der Waals surface area contributed by atoms with Gasteiger partial charge in [0.1, 0.15) is 19.3 Å². The Hall–Kier alpha value is -1.94. The van der Waals surface area contributed by atoms with Gasteiger partial charge in [0.2, 0.25) is 0 Å². The number of phosphoric acid groups is 2. The SMILES string of the molecule is CCC(C)CCCCCCCCCCCCCCCCC(=O)O[C@H](COC(=O)CCCCCCCCCC(C)C)COP(=O)(O)OCC(O)COP(=O)(O)OC[C@@H](COC(=O)CCCCCCCCCC(C)C)OC(=O)CCCCCCCCCCCCCC(C)C. The average molecular weight is 1350 g/mol. The third-order valence-electron chi connectivity index (χ3n) is 17.2. The van der Waals surface area contributed by atoms with Crippen molar-refractivity contribution >= 4 is 39.5 Å². The van der Waals surface area contributed by atoms with E-state index in [4.69, 9.17) is 37.0 Å². The van der Waals surface area contributed by atoms with Crippen molar-refractivity contribution in [2.45, 2.75) is 382 Å². The fraction of sp³-hybridized carbons (Fsp3) is 0.945. The van der Waals surface area contributed by atoms with E-state index in [2.05, 4.69) is 55.4 Å². The zero-order valence-corrected chi connectivity index (χ0v) is 62.0. The fourth-order valence-corrected chi connectivity index (χ4v) is 12.6. The first-order valence-corrected chi connectivity index (χ1v) is 40.7. The summed E-state index contributed by atoms with van der Waals surface area (Å²) in [5.74, 6) is 0.894. The molecular formula is C73H142O17P2. The molecule has 0 aromatic heterocycles. The summed E-state index contributed by atoms with van der Waals surface area (Å²) in [6, 6.07) is 0. The van der Waals surface area contributed by atoms with Gasteiger partial charge < -0.3 is 33.8 Å². The minimum Gasteiger partial charge on any atom is -0.462 e. The third-order valence-corrected chi connectivity index (χ3v) is 19.1. The molecule has 6 atom stereocenters. The van der Waals surface area contributed by atoms with Crippen molar-refractivity contribution in [2.75, 3.05) is 39.6 Å². The number of aliphatic hydroxyl groups is 1. The lowest BCUT2D eigenvalue weighted by atomic mass is 9.99. The first-order valence-electron chi connectivity index (χ1n) is 37.7. The number of aliphatic hydroxyl groups excluding tert-OH is 1. The Morgan fingerprint density at radius 3 is 0.772 bits per heavy atom. The molecule has 17 nitrogen and oxygen atoms in total. The maximum absolute atomic E-state index is 13.0. The molecule has 0 fully saturated rings. The smallest absolute Gasteiger partial charge is 0.462 e. The van der Waals surface area contributed by atoms with E-state index in [9.17, 15) is 43.2 Å². The van der Waals surface area contributed by atoms with Crippen molar-refractivity contribution in [3.05, 3.63) is 0 Å². The van der Waals surface area contributed by atoms with Crippen LogP contribution in [0.3, 0.4) is 0 Å². The molecule has 3 N–H and O–H groups in total. The lowest BCUT2D eigenvalue weighted by molar-refractivity contribution is -0.161. The predicted molar refractivity (Wildman–Crippen MR) is 372 cm³/mol. The molecule has 546 valence electrons. The van der Waals surface area contributed by atoms with Gasteiger partial charge in [-0.05, 0) is 49.4 Å². The number of rotatable bonds is 70. The number of carbonyl (C=O) groups excluding carboxylic acids is 4. The highest BCUT2D eigenvalue weighted by Gasteiger charge is 2.30. The second kappa shape index (κ2) is 62.6. The van der Waals surface area contributed by atoms with Crippen molar-refractivity contribution < 1.29 is 80.2 Å². The second-order valence-electron chi connectivity index (χ2n) is 28.0. The molecule has 0 bridgehead atoms. The molecular weight excluding hydrogens is 1210 g/mol. The summed E-state index contributed by atoms with van der Waals surface area (Å²) < 4.78 is 68.4. The van der Waals surface area contributed by atoms with E-state index in [-0.39, 0.29) is 25.7 Å². The van der Waals surface area contributed by atoms with Crippen LogP contribution in [0.1, 0.15) is 364 Å². The first-order chi connectivity index (χ1) is 44.1. The van der Waals surface area contributed by atoms with Crippen LogP contribution in [0.4, 0.5) is 0 Å². The second-order valence-corrected chi connectivity index (χ2v) is 30.9. The van der Waals surface area contributed by atoms with E-state index in [1.807, 2.05) is 0 Å². The lowest BCUT2D eigenvalue weighted by Crippen LogP contribution is -2.30. The van der Waals surface area contributed by atoms with Crippen LogP contribution in [0, 0.1) is 23.7 Å². The Kier molecular flexibility index (Phi) is 61.3. The van der Waals surface area contributed by atoms with E-state index in [1.165, 1.54) is 154 Å². The largest absolute Gasteiger partial charge is 0.472 e. The molecule has 0 aliphatic rings. The van der Waals surface area contributed by atoms with Crippen molar-refractivity contribution in [2.24, 2.45) is 23.7 Å². The van der Waals surface area contributed by atoms with Crippen LogP contribution in [0.15, 0.2) is 0 Å². The summed E-state index contributed by atoms with van der Waals surface area (Å²) in [6.07, 6.45) is 45.9. The van der Waals surface area contributed by atoms with Gasteiger partial charge in [-0.2, -0.15) is 0 Å². The van der Waals surface area contributed by atoms with Crippen LogP contribution >= 0.6 is 15.6 Å². The molecule has 0 aromatic carbocycles. The Morgan fingerprint density at radius 1 is 0.304 bits per heavy atom. The van der Waals surface area contributed by atoms with Crippen LogP contribution < -0.4 is 0 Å². The quantitative estimate of drug-likeness (QED) is 0.0222. The Morgan fingerprint density at radius 2 is 0.522 bits per heavy atom. The Balaban J connectivity index is 5.22. The molecule has 0 saturated heterocycles. The molecule has 0 aliphatic carbocycles. The lowest BCUT2D eigenvalue weighted by Gasteiger charge is -2.21. The molecule has 0 rings (SSSR count). The number of unbranched alkanes of at least 4 members (excludes halogenated alkanes) is 35. The first kappa shape index (κ1) is 90.1. The van der Waals surface area contributed by atoms with Gasteiger partial charge in [-0.15, -0.1) is 0 Å². The number of hydrogen-bond acceptors (Lipinski definition) is 15. The molecule has 0 amide bonds. The van der Waals surface area contributed by atoms with E-state index in [0.29, 0.717) is 37.5 Å². The van der Waals surface area contributed by atoms with Crippen molar-refractivity contribution in [3.63, 3.8) is 0 Å². The van der Waals surface area contributed by atoms with Gasteiger partial charge in [0.15, 0.2) is 12.2 Å². The monoisotopic (exact) mass is 1350 g/mol. The van der Waals surface area contributed by atoms with Gasteiger partial charge in [0.25, 0.3) is 0 Å². The van der Waals surface area contributed by atoms with Crippen LogP contribution in [-0.2, 0) is 65.4 Å². The normalized spacial score (nSPS) is 14.5. The predicted octanol–water partition coefficient (Wildman–Crippen LogP) is 20.9.